The summed E-state index contributed by atoms with van der Waals surface area (Å²) >= 11 is 1.34. The van der Waals surface area contributed by atoms with Crippen molar-refractivity contribution in [1.82, 2.24) is 5.48 Å². The highest BCUT2D eigenvalue weighted by molar-refractivity contribution is 8.04. The fourth-order valence-corrected chi connectivity index (χ4v) is 2.98. The van der Waals surface area contributed by atoms with E-state index in [0.717, 1.165) is 5.56 Å². The zero-order chi connectivity index (χ0) is 19.8. The standard InChI is InChI=1S/C20H19NO6S/c1-24-20(23)15-4-8-17(9-5-15)26-11-10-25-16-6-2-14(3-7-16)12-18-19(22)21-27-13-28-18/h2-9,12H,10-11,13H2,1H3,(H,21,22)/b18-12+. The van der Waals surface area contributed by atoms with Crippen LogP contribution < -0.4 is 15.0 Å². The number of ether oxygens (including phenoxy) is 3. The van der Waals surface area contributed by atoms with Crippen LogP contribution in [0.3, 0.4) is 0 Å². The van der Waals surface area contributed by atoms with Crippen LogP contribution in [-0.4, -0.2) is 38.1 Å². The Hall–Kier alpha value is -2.97. The van der Waals surface area contributed by atoms with E-state index in [4.69, 9.17) is 14.3 Å². The molecule has 0 aliphatic carbocycles. The van der Waals surface area contributed by atoms with Crippen molar-refractivity contribution in [2.45, 2.75) is 0 Å². The summed E-state index contributed by atoms with van der Waals surface area (Å²) in [5, 5.41) is 0. The van der Waals surface area contributed by atoms with Gasteiger partial charge in [0.25, 0.3) is 5.91 Å². The van der Waals surface area contributed by atoms with Gasteiger partial charge < -0.3 is 14.2 Å². The molecule has 1 aliphatic rings. The van der Waals surface area contributed by atoms with Gasteiger partial charge in [0.1, 0.15) is 30.7 Å². The number of esters is 1. The maximum absolute atomic E-state index is 11.6. The molecule has 8 heteroatoms. The van der Waals surface area contributed by atoms with Gasteiger partial charge in [0.2, 0.25) is 0 Å². The summed E-state index contributed by atoms with van der Waals surface area (Å²) in [5.41, 5.74) is 3.70. The van der Waals surface area contributed by atoms with E-state index in [9.17, 15) is 9.59 Å². The van der Waals surface area contributed by atoms with Gasteiger partial charge in [-0.25, -0.2) is 10.3 Å². The largest absolute Gasteiger partial charge is 0.490 e. The highest BCUT2D eigenvalue weighted by Gasteiger charge is 2.15. The van der Waals surface area contributed by atoms with E-state index in [0.29, 0.717) is 41.1 Å². The Morgan fingerprint density at radius 1 is 1.07 bits per heavy atom. The lowest BCUT2D eigenvalue weighted by Crippen LogP contribution is -2.28. The molecule has 1 aliphatic heterocycles. The van der Waals surface area contributed by atoms with Gasteiger partial charge in [-0.1, -0.05) is 23.9 Å². The lowest BCUT2D eigenvalue weighted by atomic mass is 10.2. The molecule has 0 aromatic heterocycles. The van der Waals surface area contributed by atoms with Gasteiger partial charge in [-0.15, -0.1) is 0 Å². The second-order valence-electron chi connectivity index (χ2n) is 5.63. The molecule has 0 atom stereocenters. The van der Waals surface area contributed by atoms with Crippen molar-refractivity contribution in [3.05, 3.63) is 64.6 Å². The molecule has 28 heavy (non-hydrogen) atoms. The Morgan fingerprint density at radius 3 is 2.25 bits per heavy atom. The summed E-state index contributed by atoms with van der Waals surface area (Å²) in [6.07, 6.45) is 1.80. The molecule has 2 aromatic carbocycles. The van der Waals surface area contributed by atoms with Crippen molar-refractivity contribution in [2.24, 2.45) is 0 Å². The van der Waals surface area contributed by atoms with Crippen molar-refractivity contribution in [3.8, 4) is 11.5 Å². The number of carbonyl (C=O) groups excluding carboxylic acids is 2. The summed E-state index contributed by atoms with van der Waals surface area (Å²) < 4.78 is 15.9. The maximum atomic E-state index is 11.6. The molecule has 1 fully saturated rings. The first-order valence-electron chi connectivity index (χ1n) is 8.46. The molecule has 1 saturated heterocycles. The minimum atomic E-state index is -0.384. The Bertz CT molecular complexity index is 848. The van der Waals surface area contributed by atoms with Crippen LogP contribution in [0.1, 0.15) is 15.9 Å². The Labute approximate surface area is 166 Å². The molecule has 7 nitrogen and oxygen atoms in total. The molecule has 146 valence electrons. The summed E-state index contributed by atoms with van der Waals surface area (Å²) in [5.74, 6) is 1.11. The molecule has 1 amide bonds. The van der Waals surface area contributed by atoms with Crippen LogP contribution in [0.5, 0.6) is 11.5 Å². The molecule has 0 radical (unpaired) electrons. The van der Waals surface area contributed by atoms with Gasteiger partial charge in [0.05, 0.1) is 17.6 Å². The van der Waals surface area contributed by atoms with E-state index in [-0.39, 0.29) is 11.9 Å². The third kappa shape index (κ3) is 5.51. The average Bonchev–Trinajstić information content (AvgIpc) is 2.74. The lowest BCUT2D eigenvalue weighted by molar-refractivity contribution is -0.127. The van der Waals surface area contributed by atoms with Gasteiger partial charge in [0, 0.05) is 0 Å². The number of nitrogens with one attached hydrogen (secondary N) is 1. The summed E-state index contributed by atoms with van der Waals surface area (Å²) in [4.78, 5) is 28.5. The molecule has 3 rings (SSSR count). The predicted molar refractivity (Wildman–Crippen MR) is 105 cm³/mol. The van der Waals surface area contributed by atoms with Crippen LogP contribution in [0, 0.1) is 0 Å². The quantitative estimate of drug-likeness (QED) is 0.434. The minimum Gasteiger partial charge on any atom is -0.490 e. The van der Waals surface area contributed by atoms with E-state index in [2.05, 4.69) is 10.2 Å². The average molecular weight is 401 g/mol. The van der Waals surface area contributed by atoms with Crippen molar-refractivity contribution < 1.29 is 28.6 Å². The molecule has 0 bridgehead atoms. The van der Waals surface area contributed by atoms with E-state index in [1.54, 1.807) is 30.3 Å². The second kappa shape index (κ2) is 9.82. The van der Waals surface area contributed by atoms with Gasteiger partial charge in [0.15, 0.2) is 0 Å². The van der Waals surface area contributed by atoms with Crippen LogP contribution in [0.25, 0.3) is 6.08 Å². The van der Waals surface area contributed by atoms with E-state index >= 15 is 0 Å². The van der Waals surface area contributed by atoms with Crippen molar-refractivity contribution in [1.29, 1.82) is 0 Å². The Morgan fingerprint density at radius 2 is 1.68 bits per heavy atom. The topological polar surface area (TPSA) is 83.1 Å². The number of thioether (sulfide) groups is 1. The van der Waals surface area contributed by atoms with Gasteiger partial charge in [-0.05, 0) is 48.0 Å². The molecule has 1 heterocycles. The number of rotatable bonds is 7. The summed E-state index contributed by atoms with van der Waals surface area (Å²) in [6.45, 7) is 0.731. The van der Waals surface area contributed by atoms with Crippen LogP contribution in [0.2, 0.25) is 0 Å². The SMILES string of the molecule is COC(=O)c1ccc(OCCOc2ccc(/C=C3/SCONC3=O)cc2)cc1. The molecule has 0 unspecified atom stereocenters. The summed E-state index contributed by atoms with van der Waals surface area (Å²) in [6, 6.07) is 14.1. The van der Waals surface area contributed by atoms with E-state index < -0.39 is 0 Å². The first-order valence-corrected chi connectivity index (χ1v) is 9.45. The first kappa shape index (κ1) is 19.8. The fourth-order valence-electron chi connectivity index (χ4n) is 2.35. The minimum absolute atomic E-state index is 0.242. The highest BCUT2D eigenvalue weighted by Crippen LogP contribution is 2.23. The van der Waals surface area contributed by atoms with Gasteiger partial charge >= 0.3 is 5.97 Å². The van der Waals surface area contributed by atoms with Crippen molar-refractivity contribution in [3.63, 3.8) is 0 Å². The van der Waals surface area contributed by atoms with Crippen LogP contribution in [-0.2, 0) is 14.4 Å². The fraction of sp³-hybridized carbons (Fsp3) is 0.200. The second-order valence-corrected chi connectivity index (χ2v) is 6.59. The van der Waals surface area contributed by atoms with E-state index in [1.165, 1.54) is 18.9 Å². The number of hydrogen-bond donors (Lipinski definition) is 1. The number of methoxy groups -OCH3 is 1. The number of amides is 1. The molecular formula is C20H19NO6S. The lowest BCUT2D eigenvalue weighted by Gasteiger charge is -2.14. The Kier molecular flexibility index (Phi) is 6.94. The number of hydrogen-bond acceptors (Lipinski definition) is 7. The first-order chi connectivity index (χ1) is 13.7. The molecular weight excluding hydrogens is 382 g/mol. The van der Waals surface area contributed by atoms with Crippen LogP contribution in [0.4, 0.5) is 0 Å². The van der Waals surface area contributed by atoms with E-state index in [1.807, 2.05) is 24.3 Å². The third-order valence-electron chi connectivity index (χ3n) is 3.74. The van der Waals surface area contributed by atoms with Gasteiger partial charge in [-0.3, -0.25) is 9.63 Å². The van der Waals surface area contributed by atoms with Crippen LogP contribution in [0.15, 0.2) is 53.4 Å². The Balaban J connectivity index is 1.44. The monoisotopic (exact) mass is 401 g/mol. The molecule has 2 aromatic rings. The number of hydroxylamine groups is 1. The molecule has 0 saturated carbocycles. The number of benzene rings is 2. The molecule has 0 spiro atoms. The molecule has 1 N–H and O–H groups in total. The normalized spacial score (nSPS) is 15.0. The summed E-state index contributed by atoms with van der Waals surface area (Å²) in [7, 11) is 1.34. The maximum Gasteiger partial charge on any atom is 0.337 e. The van der Waals surface area contributed by atoms with Crippen molar-refractivity contribution in [2.75, 3.05) is 26.3 Å². The number of carbonyl (C=O) groups is 2. The van der Waals surface area contributed by atoms with Crippen LogP contribution >= 0.6 is 11.8 Å². The third-order valence-corrected chi connectivity index (χ3v) is 4.59. The zero-order valence-electron chi connectivity index (χ0n) is 15.2. The zero-order valence-corrected chi connectivity index (χ0v) is 16.0. The van der Waals surface area contributed by atoms with Crippen molar-refractivity contribution >= 4 is 29.7 Å². The smallest absolute Gasteiger partial charge is 0.337 e. The predicted octanol–water partition coefficient (Wildman–Crippen LogP) is 3.02. The highest BCUT2D eigenvalue weighted by atomic mass is 32.2. The van der Waals surface area contributed by atoms with Gasteiger partial charge in [-0.2, -0.15) is 0 Å².